The van der Waals surface area contributed by atoms with Gasteiger partial charge >= 0.3 is 0 Å². The Kier molecular flexibility index (Phi) is 5.11. The molecule has 2 heterocycles. The van der Waals surface area contributed by atoms with Gasteiger partial charge in [-0.3, -0.25) is 4.98 Å². The fourth-order valence-corrected chi connectivity index (χ4v) is 3.03. The van der Waals surface area contributed by atoms with Gasteiger partial charge in [-0.1, -0.05) is 12.1 Å². The standard InChI is InChI=1S/C19H24N4O/c1-15-20-10-13-23(15)12-5-11-22(2)14-16-7-8-18(24-3)19-17(16)6-4-9-21-19/h4,6-10,13H,5,11-12,14H2,1-3H3. The number of aromatic nitrogens is 3. The molecule has 0 bridgehead atoms. The van der Waals surface area contributed by atoms with Gasteiger partial charge in [0.25, 0.3) is 0 Å². The van der Waals surface area contributed by atoms with Crippen LogP contribution in [0.4, 0.5) is 0 Å². The van der Waals surface area contributed by atoms with Crippen molar-refractivity contribution in [3.05, 3.63) is 54.2 Å². The average molecular weight is 324 g/mol. The number of ether oxygens (including phenoxy) is 1. The third-order valence-corrected chi connectivity index (χ3v) is 4.35. The van der Waals surface area contributed by atoms with Crippen LogP contribution < -0.4 is 4.74 Å². The van der Waals surface area contributed by atoms with Crippen LogP contribution in [0.3, 0.4) is 0 Å². The number of fused-ring (bicyclic) bond motifs is 1. The molecule has 0 radical (unpaired) electrons. The van der Waals surface area contributed by atoms with E-state index in [0.717, 1.165) is 48.5 Å². The SMILES string of the molecule is COc1ccc(CN(C)CCCn2ccnc2C)c2cccnc12. The summed E-state index contributed by atoms with van der Waals surface area (Å²) in [4.78, 5) is 11.1. The van der Waals surface area contributed by atoms with E-state index in [2.05, 4.69) is 38.6 Å². The average Bonchev–Trinajstić information content (AvgIpc) is 3.00. The minimum atomic E-state index is 0.826. The van der Waals surface area contributed by atoms with Crippen LogP contribution in [0.15, 0.2) is 42.9 Å². The summed E-state index contributed by atoms with van der Waals surface area (Å²) in [7, 11) is 3.85. The van der Waals surface area contributed by atoms with E-state index in [9.17, 15) is 0 Å². The highest BCUT2D eigenvalue weighted by molar-refractivity contribution is 5.87. The minimum Gasteiger partial charge on any atom is -0.494 e. The summed E-state index contributed by atoms with van der Waals surface area (Å²) in [6.07, 6.45) is 6.80. The summed E-state index contributed by atoms with van der Waals surface area (Å²) in [6.45, 7) is 4.97. The van der Waals surface area contributed by atoms with Crippen molar-refractivity contribution >= 4 is 10.9 Å². The summed E-state index contributed by atoms with van der Waals surface area (Å²) < 4.78 is 7.62. The topological polar surface area (TPSA) is 43.2 Å². The van der Waals surface area contributed by atoms with Crippen molar-refractivity contribution in [2.75, 3.05) is 20.7 Å². The summed E-state index contributed by atoms with van der Waals surface area (Å²) in [5.74, 6) is 1.90. The molecule has 24 heavy (non-hydrogen) atoms. The maximum absolute atomic E-state index is 5.42. The summed E-state index contributed by atoms with van der Waals surface area (Å²) in [6, 6.07) is 8.24. The number of nitrogens with zero attached hydrogens (tertiary/aromatic N) is 4. The van der Waals surface area contributed by atoms with Crippen molar-refractivity contribution in [3.63, 3.8) is 0 Å². The van der Waals surface area contributed by atoms with E-state index in [4.69, 9.17) is 4.74 Å². The number of benzene rings is 1. The van der Waals surface area contributed by atoms with Gasteiger partial charge in [-0.05, 0) is 44.6 Å². The molecular weight excluding hydrogens is 300 g/mol. The summed E-state index contributed by atoms with van der Waals surface area (Å²) in [5, 5.41) is 1.16. The lowest BCUT2D eigenvalue weighted by atomic mass is 10.1. The van der Waals surface area contributed by atoms with E-state index in [-0.39, 0.29) is 0 Å². The van der Waals surface area contributed by atoms with Gasteiger partial charge in [-0.25, -0.2) is 4.98 Å². The number of hydrogen-bond donors (Lipinski definition) is 0. The Morgan fingerprint density at radius 3 is 2.79 bits per heavy atom. The predicted octanol–water partition coefficient (Wildman–Crippen LogP) is 3.27. The zero-order valence-electron chi connectivity index (χ0n) is 14.6. The third kappa shape index (κ3) is 3.57. The molecule has 0 saturated carbocycles. The Bertz CT molecular complexity index is 812. The lowest BCUT2D eigenvalue weighted by molar-refractivity contribution is 0.314. The van der Waals surface area contributed by atoms with Crippen LogP contribution in [0.25, 0.3) is 10.9 Å². The third-order valence-electron chi connectivity index (χ3n) is 4.35. The molecule has 0 aliphatic carbocycles. The molecule has 0 atom stereocenters. The molecule has 0 spiro atoms. The van der Waals surface area contributed by atoms with Crippen molar-refractivity contribution in [1.29, 1.82) is 0 Å². The van der Waals surface area contributed by atoms with Crippen LogP contribution in [0.2, 0.25) is 0 Å². The molecule has 0 N–H and O–H groups in total. The maximum Gasteiger partial charge on any atom is 0.145 e. The predicted molar refractivity (Wildman–Crippen MR) is 96.2 cm³/mol. The van der Waals surface area contributed by atoms with Crippen molar-refractivity contribution in [2.24, 2.45) is 0 Å². The van der Waals surface area contributed by atoms with E-state index < -0.39 is 0 Å². The van der Waals surface area contributed by atoms with Crippen molar-refractivity contribution in [2.45, 2.75) is 26.4 Å². The molecule has 5 nitrogen and oxygen atoms in total. The van der Waals surface area contributed by atoms with E-state index in [1.807, 2.05) is 37.6 Å². The smallest absolute Gasteiger partial charge is 0.145 e. The summed E-state index contributed by atoms with van der Waals surface area (Å²) in [5.41, 5.74) is 2.21. The lowest BCUT2D eigenvalue weighted by Gasteiger charge is -2.18. The van der Waals surface area contributed by atoms with Gasteiger partial charge in [0.2, 0.25) is 0 Å². The van der Waals surface area contributed by atoms with Crippen LogP contribution in [0, 0.1) is 6.92 Å². The van der Waals surface area contributed by atoms with Gasteiger partial charge in [0.05, 0.1) is 7.11 Å². The highest BCUT2D eigenvalue weighted by Gasteiger charge is 2.09. The van der Waals surface area contributed by atoms with Gasteiger partial charge < -0.3 is 14.2 Å². The molecule has 5 heteroatoms. The van der Waals surface area contributed by atoms with Gasteiger partial charge in [-0.2, -0.15) is 0 Å². The first kappa shape index (κ1) is 16.5. The second kappa shape index (κ2) is 7.45. The van der Waals surface area contributed by atoms with E-state index in [1.54, 1.807) is 7.11 Å². The Hall–Kier alpha value is -2.40. The zero-order chi connectivity index (χ0) is 16.9. The first-order valence-corrected chi connectivity index (χ1v) is 8.26. The number of pyridine rings is 1. The molecule has 0 fully saturated rings. The molecule has 0 aliphatic heterocycles. The molecule has 0 unspecified atom stereocenters. The van der Waals surface area contributed by atoms with E-state index >= 15 is 0 Å². The molecular formula is C19H24N4O. The quantitative estimate of drug-likeness (QED) is 0.669. The first-order chi connectivity index (χ1) is 11.7. The van der Waals surface area contributed by atoms with Crippen LogP contribution in [-0.4, -0.2) is 40.1 Å². The Morgan fingerprint density at radius 2 is 2.04 bits per heavy atom. The second-order valence-corrected chi connectivity index (χ2v) is 6.09. The maximum atomic E-state index is 5.42. The van der Waals surface area contributed by atoms with Crippen molar-refractivity contribution in [1.82, 2.24) is 19.4 Å². The van der Waals surface area contributed by atoms with E-state index in [1.165, 1.54) is 5.56 Å². The number of methoxy groups -OCH3 is 1. The molecule has 1 aromatic carbocycles. The van der Waals surface area contributed by atoms with Crippen LogP contribution in [-0.2, 0) is 13.1 Å². The molecule has 2 aromatic heterocycles. The van der Waals surface area contributed by atoms with Crippen LogP contribution >= 0.6 is 0 Å². The Balaban J connectivity index is 1.65. The molecule has 126 valence electrons. The fraction of sp³-hybridized carbons (Fsp3) is 0.368. The number of imidazole rings is 1. The summed E-state index contributed by atoms with van der Waals surface area (Å²) >= 11 is 0. The molecule has 3 rings (SSSR count). The monoisotopic (exact) mass is 324 g/mol. The Labute approximate surface area is 142 Å². The normalized spacial score (nSPS) is 11.3. The van der Waals surface area contributed by atoms with Gasteiger partial charge in [0.1, 0.15) is 17.1 Å². The minimum absolute atomic E-state index is 0.826. The molecule has 0 saturated heterocycles. The number of rotatable bonds is 7. The van der Waals surface area contributed by atoms with Crippen LogP contribution in [0.1, 0.15) is 17.8 Å². The number of hydrogen-bond acceptors (Lipinski definition) is 4. The van der Waals surface area contributed by atoms with Gasteiger partial charge in [-0.15, -0.1) is 0 Å². The first-order valence-electron chi connectivity index (χ1n) is 8.26. The zero-order valence-corrected chi connectivity index (χ0v) is 14.6. The Morgan fingerprint density at radius 1 is 1.17 bits per heavy atom. The van der Waals surface area contributed by atoms with E-state index in [0.29, 0.717) is 0 Å². The highest BCUT2D eigenvalue weighted by atomic mass is 16.5. The molecule has 0 aliphatic rings. The van der Waals surface area contributed by atoms with Crippen molar-refractivity contribution < 1.29 is 4.74 Å². The van der Waals surface area contributed by atoms with Gasteiger partial charge in [0.15, 0.2) is 0 Å². The largest absolute Gasteiger partial charge is 0.494 e. The second-order valence-electron chi connectivity index (χ2n) is 6.09. The lowest BCUT2D eigenvalue weighted by Crippen LogP contribution is -2.20. The molecule has 3 aromatic rings. The number of aryl methyl sites for hydroxylation is 2. The van der Waals surface area contributed by atoms with Crippen molar-refractivity contribution in [3.8, 4) is 5.75 Å². The molecule has 0 amide bonds. The van der Waals surface area contributed by atoms with Crippen LogP contribution in [0.5, 0.6) is 5.75 Å². The fourth-order valence-electron chi connectivity index (χ4n) is 3.03. The highest BCUT2D eigenvalue weighted by Crippen LogP contribution is 2.27. The van der Waals surface area contributed by atoms with Gasteiger partial charge in [0, 0.05) is 37.1 Å².